The summed E-state index contributed by atoms with van der Waals surface area (Å²) in [5, 5.41) is 0. The lowest BCUT2D eigenvalue weighted by molar-refractivity contribution is -0.133. The van der Waals surface area contributed by atoms with Gasteiger partial charge in [-0.05, 0) is 38.8 Å². The first-order chi connectivity index (χ1) is 7.59. The summed E-state index contributed by atoms with van der Waals surface area (Å²) in [6.45, 7) is 4.42. The highest BCUT2D eigenvalue weighted by Crippen LogP contribution is 2.33. The highest BCUT2D eigenvalue weighted by molar-refractivity contribution is 5.81. The van der Waals surface area contributed by atoms with Crippen LogP contribution in [0.5, 0.6) is 0 Å². The molecule has 2 N–H and O–H groups in total. The van der Waals surface area contributed by atoms with Gasteiger partial charge >= 0.3 is 0 Å². The maximum atomic E-state index is 11.9. The number of nitrogens with zero attached hydrogens (tertiary/aromatic N) is 1. The molecule has 0 saturated carbocycles. The van der Waals surface area contributed by atoms with Crippen LogP contribution in [0.25, 0.3) is 0 Å². The van der Waals surface area contributed by atoms with Crippen LogP contribution in [0.4, 0.5) is 0 Å². The van der Waals surface area contributed by atoms with Gasteiger partial charge in [0.05, 0.1) is 12.1 Å². The van der Waals surface area contributed by atoms with Gasteiger partial charge in [0.1, 0.15) is 11.5 Å². The molecule has 0 bridgehead atoms. The van der Waals surface area contributed by atoms with Gasteiger partial charge in [0.15, 0.2) is 0 Å². The molecular weight excluding hydrogens is 204 g/mol. The molecule has 1 aromatic heterocycles. The number of furan rings is 1. The van der Waals surface area contributed by atoms with Crippen LogP contribution in [0.3, 0.4) is 0 Å². The number of hydrogen-bond acceptors (Lipinski definition) is 3. The summed E-state index contributed by atoms with van der Waals surface area (Å²) in [6.07, 6.45) is 1.98. The minimum Gasteiger partial charge on any atom is -0.464 e. The van der Waals surface area contributed by atoms with Crippen molar-refractivity contribution in [3.8, 4) is 0 Å². The summed E-state index contributed by atoms with van der Waals surface area (Å²) in [7, 11) is 0. The number of carbonyl (C=O) groups excluding carboxylic acids is 1. The van der Waals surface area contributed by atoms with Crippen molar-refractivity contribution >= 4 is 5.91 Å². The highest BCUT2D eigenvalue weighted by Gasteiger charge is 2.32. The molecule has 0 aromatic carbocycles. The van der Waals surface area contributed by atoms with E-state index in [4.69, 9.17) is 10.2 Å². The van der Waals surface area contributed by atoms with Crippen molar-refractivity contribution in [1.82, 2.24) is 4.90 Å². The zero-order valence-electron chi connectivity index (χ0n) is 9.77. The molecule has 16 heavy (non-hydrogen) atoms. The van der Waals surface area contributed by atoms with Crippen LogP contribution in [0.15, 0.2) is 16.5 Å². The van der Waals surface area contributed by atoms with Crippen LogP contribution >= 0.6 is 0 Å². The van der Waals surface area contributed by atoms with E-state index in [0.717, 1.165) is 30.9 Å². The number of nitrogens with two attached hydrogens (primary N) is 1. The zero-order valence-corrected chi connectivity index (χ0v) is 9.77. The lowest BCUT2D eigenvalue weighted by Gasteiger charge is -2.24. The van der Waals surface area contributed by atoms with Gasteiger partial charge in [0.2, 0.25) is 5.91 Å². The Labute approximate surface area is 95.4 Å². The molecule has 1 fully saturated rings. The first-order valence-corrected chi connectivity index (χ1v) is 5.72. The Kier molecular flexibility index (Phi) is 3.01. The maximum absolute atomic E-state index is 11.9. The molecule has 1 aromatic rings. The van der Waals surface area contributed by atoms with Crippen LogP contribution < -0.4 is 5.73 Å². The van der Waals surface area contributed by atoms with E-state index < -0.39 is 6.04 Å². The second kappa shape index (κ2) is 4.29. The fourth-order valence-electron chi connectivity index (χ4n) is 2.22. The van der Waals surface area contributed by atoms with Gasteiger partial charge in [-0.2, -0.15) is 0 Å². The number of rotatable bonds is 2. The molecule has 0 radical (unpaired) electrons. The van der Waals surface area contributed by atoms with Crippen molar-refractivity contribution in [3.05, 3.63) is 23.7 Å². The number of amides is 1. The third-order valence-corrected chi connectivity index (χ3v) is 3.01. The Morgan fingerprint density at radius 2 is 2.38 bits per heavy atom. The number of aryl methyl sites for hydroxylation is 1. The van der Waals surface area contributed by atoms with E-state index in [1.165, 1.54) is 0 Å². The molecule has 2 rings (SSSR count). The van der Waals surface area contributed by atoms with Gasteiger partial charge < -0.3 is 15.1 Å². The summed E-state index contributed by atoms with van der Waals surface area (Å²) in [6, 6.07) is 3.53. The average Bonchev–Trinajstić information content (AvgIpc) is 2.83. The van der Waals surface area contributed by atoms with E-state index in [9.17, 15) is 4.79 Å². The van der Waals surface area contributed by atoms with E-state index >= 15 is 0 Å². The fraction of sp³-hybridized carbons (Fsp3) is 0.583. The van der Waals surface area contributed by atoms with Crippen LogP contribution in [0, 0.1) is 6.92 Å². The molecule has 4 nitrogen and oxygen atoms in total. The van der Waals surface area contributed by atoms with Crippen LogP contribution in [-0.4, -0.2) is 23.4 Å². The van der Waals surface area contributed by atoms with Crippen molar-refractivity contribution in [2.24, 2.45) is 5.73 Å². The minimum atomic E-state index is -0.434. The Balaban J connectivity index is 2.18. The molecule has 88 valence electrons. The van der Waals surface area contributed by atoms with Gasteiger partial charge in [0, 0.05) is 6.54 Å². The van der Waals surface area contributed by atoms with Crippen molar-refractivity contribution < 1.29 is 9.21 Å². The Bertz CT molecular complexity index is 384. The van der Waals surface area contributed by atoms with Gasteiger partial charge in [-0.3, -0.25) is 4.79 Å². The summed E-state index contributed by atoms with van der Waals surface area (Å²) in [5.41, 5.74) is 5.64. The van der Waals surface area contributed by atoms with Crippen LogP contribution in [0.2, 0.25) is 0 Å². The monoisotopic (exact) mass is 222 g/mol. The van der Waals surface area contributed by atoms with E-state index in [0.29, 0.717) is 0 Å². The predicted molar refractivity (Wildman–Crippen MR) is 60.8 cm³/mol. The van der Waals surface area contributed by atoms with Gasteiger partial charge in [0.25, 0.3) is 0 Å². The average molecular weight is 222 g/mol. The maximum Gasteiger partial charge on any atom is 0.239 e. The fourth-order valence-corrected chi connectivity index (χ4v) is 2.22. The molecule has 1 saturated heterocycles. The Morgan fingerprint density at radius 3 is 2.94 bits per heavy atom. The minimum absolute atomic E-state index is 0.0107. The van der Waals surface area contributed by atoms with Gasteiger partial charge in [-0.1, -0.05) is 0 Å². The summed E-state index contributed by atoms with van der Waals surface area (Å²) in [5.74, 6) is 1.77. The van der Waals surface area contributed by atoms with E-state index in [1.807, 2.05) is 24.0 Å². The van der Waals surface area contributed by atoms with E-state index in [2.05, 4.69) is 0 Å². The van der Waals surface area contributed by atoms with Crippen molar-refractivity contribution in [3.63, 3.8) is 0 Å². The van der Waals surface area contributed by atoms with E-state index in [1.54, 1.807) is 6.92 Å². The molecule has 2 atom stereocenters. The van der Waals surface area contributed by atoms with Gasteiger partial charge in [-0.15, -0.1) is 0 Å². The SMILES string of the molecule is Cc1ccc(C2CCCN2C(=O)C(C)N)o1. The molecular formula is C12H18N2O2. The molecule has 4 heteroatoms. The molecule has 1 amide bonds. The second-order valence-electron chi connectivity index (χ2n) is 4.43. The van der Waals surface area contributed by atoms with Crippen molar-refractivity contribution in [2.45, 2.75) is 38.8 Å². The summed E-state index contributed by atoms with van der Waals surface area (Å²) < 4.78 is 5.59. The van der Waals surface area contributed by atoms with Crippen molar-refractivity contribution in [2.75, 3.05) is 6.54 Å². The topological polar surface area (TPSA) is 59.5 Å². The predicted octanol–water partition coefficient (Wildman–Crippen LogP) is 1.60. The van der Waals surface area contributed by atoms with Crippen LogP contribution in [-0.2, 0) is 4.79 Å². The first-order valence-electron chi connectivity index (χ1n) is 5.72. The summed E-state index contributed by atoms with van der Waals surface area (Å²) in [4.78, 5) is 13.7. The molecule has 2 heterocycles. The summed E-state index contributed by atoms with van der Waals surface area (Å²) >= 11 is 0. The normalized spacial score (nSPS) is 22.4. The van der Waals surface area contributed by atoms with Crippen LogP contribution in [0.1, 0.15) is 37.3 Å². The lowest BCUT2D eigenvalue weighted by Crippen LogP contribution is -2.41. The Morgan fingerprint density at radius 1 is 1.62 bits per heavy atom. The van der Waals surface area contributed by atoms with Gasteiger partial charge in [-0.25, -0.2) is 0 Å². The second-order valence-corrected chi connectivity index (χ2v) is 4.43. The Hall–Kier alpha value is -1.29. The zero-order chi connectivity index (χ0) is 11.7. The van der Waals surface area contributed by atoms with Crippen molar-refractivity contribution in [1.29, 1.82) is 0 Å². The molecule has 0 spiro atoms. The first kappa shape index (κ1) is 11.2. The molecule has 0 aliphatic carbocycles. The highest BCUT2D eigenvalue weighted by atomic mass is 16.3. The standard InChI is InChI=1S/C12H18N2O2/c1-8-5-6-11(16-8)10-4-3-7-14(10)12(15)9(2)13/h5-6,9-10H,3-4,7,13H2,1-2H3. The smallest absolute Gasteiger partial charge is 0.239 e. The molecule has 1 aliphatic rings. The third kappa shape index (κ3) is 1.97. The number of likely N-dealkylation sites (tertiary alicyclic amines) is 1. The molecule has 2 unspecified atom stereocenters. The largest absolute Gasteiger partial charge is 0.464 e. The lowest BCUT2D eigenvalue weighted by atomic mass is 10.1. The quantitative estimate of drug-likeness (QED) is 0.826. The number of hydrogen-bond donors (Lipinski definition) is 1. The number of carbonyl (C=O) groups is 1. The van der Waals surface area contributed by atoms with E-state index in [-0.39, 0.29) is 11.9 Å². The third-order valence-electron chi connectivity index (χ3n) is 3.01. The molecule has 1 aliphatic heterocycles.